The van der Waals surface area contributed by atoms with E-state index in [1.165, 1.54) is 62.7 Å². The van der Waals surface area contributed by atoms with Gasteiger partial charge < -0.3 is 38.9 Å². The van der Waals surface area contributed by atoms with Gasteiger partial charge in [-0.05, 0) is 61.3 Å². The number of aromatic nitrogens is 1. The molecule has 1 saturated carbocycles. The third-order valence-corrected chi connectivity index (χ3v) is 8.92. The van der Waals surface area contributed by atoms with Crippen molar-refractivity contribution in [3.05, 3.63) is 53.2 Å². The van der Waals surface area contributed by atoms with Gasteiger partial charge in [0, 0.05) is 35.2 Å². The Morgan fingerprint density at radius 1 is 1.02 bits per heavy atom. The summed E-state index contributed by atoms with van der Waals surface area (Å²) in [4.78, 5) is 29.3. The third kappa shape index (κ3) is 5.34. The minimum absolute atomic E-state index is 0.0236. The summed E-state index contributed by atoms with van der Waals surface area (Å²) in [5.74, 6) is -0.315. The van der Waals surface area contributed by atoms with Gasteiger partial charge in [-0.1, -0.05) is 18.2 Å². The third-order valence-electron chi connectivity index (χ3n) is 8.92. The van der Waals surface area contributed by atoms with Crippen LogP contribution < -0.4 is 19.3 Å². The Morgan fingerprint density at radius 2 is 1.73 bits per heavy atom. The van der Waals surface area contributed by atoms with Crippen molar-refractivity contribution >= 4 is 22.8 Å². The fourth-order valence-electron chi connectivity index (χ4n) is 7.00. The van der Waals surface area contributed by atoms with Crippen molar-refractivity contribution in [3.63, 3.8) is 0 Å². The maximum atomic E-state index is 12.4. The lowest BCUT2D eigenvalue weighted by Crippen LogP contribution is -2.53. The van der Waals surface area contributed by atoms with Crippen LogP contribution in [0.15, 0.2) is 36.4 Å². The highest BCUT2D eigenvalue weighted by Crippen LogP contribution is 2.49. The summed E-state index contributed by atoms with van der Waals surface area (Å²) in [6, 6.07) is 11.5. The van der Waals surface area contributed by atoms with Gasteiger partial charge in [0.05, 0.1) is 52.5 Å². The smallest absolute Gasteiger partial charge is 0.311 e. The lowest BCUT2D eigenvalue weighted by molar-refractivity contribution is -0.255. The number of nitrogens with zero attached hydrogens (tertiary/aromatic N) is 1. The summed E-state index contributed by atoms with van der Waals surface area (Å²) in [7, 11) is 5.70. The summed E-state index contributed by atoms with van der Waals surface area (Å²) >= 11 is 0. The molecule has 0 radical (unpaired) electrons. The molecule has 2 fully saturated rings. The van der Waals surface area contributed by atoms with E-state index in [1.54, 1.807) is 0 Å². The van der Waals surface area contributed by atoms with Gasteiger partial charge in [-0.15, -0.1) is 0 Å². The molecule has 3 aliphatic rings. The topological polar surface area (TPSA) is 133 Å². The molecular formula is C31H37N2O8-. The Kier molecular flexibility index (Phi) is 8.42. The molecule has 1 saturated heterocycles. The van der Waals surface area contributed by atoms with E-state index in [0.717, 1.165) is 32.4 Å². The molecule has 0 spiro atoms. The Labute approximate surface area is 239 Å². The lowest BCUT2D eigenvalue weighted by atomic mass is 9.65. The molecule has 220 valence electrons. The largest absolute Gasteiger partial charge is 0.545 e. The molecule has 10 heteroatoms. The van der Waals surface area contributed by atoms with Crippen LogP contribution in [0, 0.1) is 17.8 Å². The number of esters is 1. The van der Waals surface area contributed by atoms with Crippen LogP contribution in [0.5, 0.6) is 17.2 Å². The summed E-state index contributed by atoms with van der Waals surface area (Å²) < 4.78 is 20.0. The summed E-state index contributed by atoms with van der Waals surface area (Å²) in [6.45, 7) is 2.10. The van der Waals surface area contributed by atoms with Gasteiger partial charge in [-0.3, -0.25) is 9.69 Å². The van der Waals surface area contributed by atoms with Gasteiger partial charge in [-0.2, -0.15) is 0 Å². The number of aliphatic hydroxyl groups is 1. The number of carbonyl (C=O) groups is 2. The number of hydrogen-bond acceptors (Lipinski definition) is 9. The Balaban J connectivity index is 0.000000193. The normalized spacial score (nSPS) is 25.0. The van der Waals surface area contributed by atoms with Gasteiger partial charge in [0.15, 0.2) is 11.5 Å². The molecule has 2 N–H and O–H groups in total. The number of aromatic carboxylic acids is 1. The SMILES string of the molecule is COC(=O)[C@@H]1[C@H]2C[C@H]3c4[nH]c5ccccc5c4CCN3C[C@@H]2CC[C@@H]1O.COc1cc(C(=O)[O-])cc(OC)c1OC. The Morgan fingerprint density at radius 3 is 2.37 bits per heavy atom. The number of aliphatic hydroxyl groups excluding tert-OH is 1. The molecule has 0 unspecified atom stereocenters. The zero-order valence-corrected chi connectivity index (χ0v) is 23.8. The zero-order valence-electron chi connectivity index (χ0n) is 23.8. The number of hydrogen-bond donors (Lipinski definition) is 2. The van der Waals surface area contributed by atoms with E-state index in [9.17, 15) is 19.8 Å². The van der Waals surface area contributed by atoms with Crippen LogP contribution in [0.3, 0.4) is 0 Å². The van der Waals surface area contributed by atoms with Crippen LogP contribution in [0.2, 0.25) is 0 Å². The summed E-state index contributed by atoms with van der Waals surface area (Å²) in [6.07, 6.45) is 3.14. The average molecular weight is 566 g/mol. The Bertz CT molecular complexity index is 1390. The highest BCUT2D eigenvalue weighted by atomic mass is 16.5. The number of carboxylic acids is 1. The summed E-state index contributed by atoms with van der Waals surface area (Å²) in [5.41, 5.74) is 3.94. The van der Waals surface area contributed by atoms with Crippen LogP contribution in [-0.4, -0.2) is 74.6 Å². The second-order valence-electron chi connectivity index (χ2n) is 10.9. The van der Waals surface area contributed by atoms with E-state index in [1.807, 2.05) is 0 Å². The highest BCUT2D eigenvalue weighted by Gasteiger charge is 2.49. The standard InChI is InChI=1S/C21H26N2O3.C10H12O5/c1-26-21(25)19-15-10-17-20-14(13-4-2-3-5-16(13)22-20)8-9-23(17)11-12(15)6-7-18(19)24;1-13-7-4-6(10(11)12)5-8(14-2)9(7)15-3/h2-5,12,15,17-19,22,24H,6-11H2,1H3;4-5H,1-3H3,(H,11,12)/p-1/t12-,15-,17-,18-,19+;/m0./s1. The monoisotopic (exact) mass is 565 g/mol. The van der Waals surface area contributed by atoms with Crippen molar-refractivity contribution in [2.24, 2.45) is 17.8 Å². The fourth-order valence-corrected chi connectivity index (χ4v) is 7.00. The van der Waals surface area contributed by atoms with Crippen molar-refractivity contribution in [1.82, 2.24) is 9.88 Å². The molecular weight excluding hydrogens is 528 g/mol. The molecule has 2 aliphatic heterocycles. The predicted molar refractivity (Wildman–Crippen MR) is 149 cm³/mol. The number of piperidine rings is 1. The second kappa shape index (κ2) is 12.0. The molecule has 0 amide bonds. The van der Waals surface area contributed by atoms with E-state index in [2.05, 4.69) is 34.1 Å². The molecule has 0 bridgehead atoms. The van der Waals surface area contributed by atoms with E-state index in [4.69, 9.17) is 18.9 Å². The van der Waals surface area contributed by atoms with Crippen molar-refractivity contribution in [3.8, 4) is 17.2 Å². The molecule has 10 nitrogen and oxygen atoms in total. The molecule has 5 atom stereocenters. The number of para-hydroxylation sites is 1. The Hall–Kier alpha value is -3.76. The van der Waals surface area contributed by atoms with Gasteiger partial charge in [0.25, 0.3) is 0 Å². The number of H-pyrrole nitrogens is 1. The van der Waals surface area contributed by atoms with Crippen molar-refractivity contribution < 1.29 is 38.7 Å². The van der Waals surface area contributed by atoms with Gasteiger partial charge in [0.2, 0.25) is 5.75 Å². The molecule has 6 rings (SSSR count). The van der Waals surface area contributed by atoms with Gasteiger partial charge in [-0.25, -0.2) is 0 Å². The number of carboxylic acid groups (broad SMARTS) is 1. The maximum absolute atomic E-state index is 12.4. The number of methoxy groups -OCH3 is 4. The number of fused-ring (bicyclic) bond motifs is 6. The van der Waals surface area contributed by atoms with Crippen LogP contribution in [-0.2, 0) is 16.0 Å². The number of aromatic amines is 1. The summed E-state index contributed by atoms with van der Waals surface area (Å²) in [5, 5.41) is 22.5. The molecule has 1 aliphatic carbocycles. The highest BCUT2D eigenvalue weighted by molar-refractivity contribution is 5.88. The molecule has 1 aromatic heterocycles. The first-order chi connectivity index (χ1) is 19.8. The van der Waals surface area contributed by atoms with Crippen molar-refractivity contribution in [2.45, 2.75) is 37.8 Å². The van der Waals surface area contributed by atoms with Crippen LogP contribution in [0.4, 0.5) is 0 Å². The van der Waals surface area contributed by atoms with E-state index in [0.29, 0.717) is 24.1 Å². The number of nitrogens with one attached hydrogen (secondary N) is 1. The first-order valence-electron chi connectivity index (χ1n) is 13.9. The van der Waals surface area contributed by atoms with E-state index in [-0.39, 0.29) is 34.9 Å². The van der Waals surface area contributed by atoms with Crippen LogP contribution in [0.25, 0.3) is 10.9 Å². The number of ether oxygens (including phenoxy) is 4. The molecule has 41 heavy (non-hydrogen) atoms. The number of carbonyl (C=O) groups excluding carboxylic acids is 2. The van der Waals surface area contributed by atoms with E-state index < -0.39 is 12.1 Å². The fraction of sp³-hybridized carbons (Fsp3) is 0.484. The van der Waals surface area contributed by atoms with E-state index >= 15 is 0 Å². The average Bonchev–Trinajstić information content (AvgIpc) is 3.38. The minimum Gasteiger partial charge on any atom is -0.545 e. The van der Waals surface area contributed by atoms with Crippen LogP contribution >= 0.6 is 0 Å². The zero-order chi connectivity index (χ0) is 29.3. The molecule has 3 aromatic rings. The number of benzene rings is 2. The van der Waals surface area contributed by atoms with Crippen molar-refractivity contribution in [1.29, 1.82) is 0 Å². The lowest BCUT2D eigenvalue weighted by Gasteiger charge is -2.50. The number of rotatable bonds is 5. The minimum atomic E-state index is -1.30. The maximum Gasteiger partial charge on any atom is 0.311 e. The van der Waals surface area contributed by atoms with Crippen molar-refractivity contribution in [2.75, 3.05) is 41.5 Å². The quantitative estimate of drug-likeness (QED) is 0.448. The second-order valence-corrected chi connectivity index (χ2v) is 10.9. The molecule has 3 heterocycles. The first-order valence-corrected chi connectivity index (χ1v) is 13.9. The van der Waals surface area contributed by atoms with Gasteiger partial charge in [0.1, 0.15) is 0 Å². The molecule has 2 aromatic carbocycles. The van der Waals surface area contributed by atoms with Gasteiger partial charge >= 0.3 is 5.97 Å². The first kappa shape index (κ1) is 28.8. The van der Waals surface area contributed by atoms with Crippen LogP contribution in [0.1, 0.15) is 46.9 Å². The predicted octanol–water partition coefficient (Wildman–Crippen LogP) is 2.72.